The maximum absolute atomic E-state index is 4.06. The zero-order valence-corrected chi connectivity index (χ0v) is 13.4. The fraction of sp³-hybridized carbons (Fsp3) is 0.750. The van der Waals surface area contributed by atoms with Gasteiger partial charge in [-0.2, -0.15) is 0 Å². The van der Waals surface area contributed by atoms with E-state index in [0.29, 0.717) is 0 Å². The summed E-state index contributed by atoms with van der Waals surface area (Å²) in [5.74, 6) is 0. The standard InChI is InChI=1S/C16H30N2Si/c1-3-15-19(16-4-2,17-11-7-5-8-12-17)18-13-9-6-10-14-18/h3-4H,1-2,5-16H2. The van der Waals surface area contributed by atoms with Crippen molar-refractivity contribution in [3.63, 3.8) is 0 Å². The maximum Gasteiger partial charge on any atom is 0.214 e. The molecule has 2 heterocycles. The Morgan fingerprint density at radius 3 is 1.37 bits per heavy atom. The van der Waals surface area contributed by atoms with E-state index in [1.807, 2.05) is 0 Å². The van der Waals surface area contributed by atoms with Gasteiger partial charge in [0.15, 0.2) is 0 Å². The van der Waals surface area contributed by atoms with Gasteiger partial charge in [-0.15, -0.1) is 13.2 Å². The van der Waals surface area contributed by atoms with Crippen molar-refractivity contribution in [3.8, 4) is 0 Å². The summed E-state index contributed by atoms with van der Waals surface area (Å²) in [5, 5.41) is 0. The Kier molecular flexibility index (Phi) is 5.86. The lowest BCUT2D eigenvalue weighted by molar-refractivity contribution is 0.260. The van der Waals surface area contributed by atoms with Gasteiger partial charge in [-0.25, -0.2) is 0 Å². The molecule has 0 bridgehead atoms. The van der Waals surface area contributed by atoms with Gasteiger partial charge in [-0.05, 0) is 64.0 Å². The topological polar surface area (TPSA) is 6.48 Å². The van der Waals surface area contributed by atoms with E-state index in [4.69, 9.17) is 0 Å². The normalized spacial score (nSPS) is 23.2. The van der Waals surface area contributed by atoms with E-state index in [2.05, 4.69) is 34.4 Å². The molecule has 0 aliphatic carbocycles. The molecule has 0 aromatic heterocycles. The van der Waals surface area contributed by atoms with Crippen molar-refractivity contribution in [1.29, 1.82) is 0 Å². The van der Waals surface area contributed by atoms with Crippen LogP contribution in [0, 0.1) is 0 Å². The van der Waals surface area contributed by atoms with Crippen LogP contribution in [0.15, 0.2) is 25.3 Å². The highest BCUT2D eigenvalue weighted by Crippen LogP contribution is 2.31. The molecule has 0 spiro atoms. The molecule has 0 N–H and O–H groups in total. The van der Waals surface area contributed by atoms with Gasteiger partial charge in [0, 0.05) is 0 Å². The Morgan fingerprint density at radius 2 is 1.05 bits per heavy atom. The van der Waals surface area contributed by atoms with Crippen LogP contribution in [0.3, 0.4) is 0 Å². The molecule has 2 fully saturated rings. The van der Waals surface area contributed by atoms with Crippen LogP contribution >= 0.6 is 0 Å². The Labute approximate surface area is 120 Å². The van der Waals surface area contributed by atoms with Gasteiger partial charge in [-0.1, -0.05) is 25.0 Å². The first-order valence-corrected chi connectivity index (χ1v) is 10.4. The molecule has 0 aromatic rings. The maximum atomic E-state index is 4.06. The Morgan fingerprint density at radius 1 is 0.684 bits per heavy atom. The molecule has 0 unspecified atom stereocenters. The molecule has 19 heavy (non-hydrogen) atoms. The van der Waals surface area contributed by atoms with Crippen LogP contribution in [0.1, 0.15) is 38.5 Å². The Balaban J connectivity index is 2.21. The van der Waals surface area contributed by atoms with Crippen LogP contribution in [-0.4, -0.2) is 43.7 Å². The molecular weight excluding hydrogens is 248 g/mol. The Hall–Kier alpha value is -0.383. The molecule has 0 radical (unpaired) electrons. The molecule has 0 aromatic carbocycles. The average molecular weight is 279 g/mol. The highest BCUT2D eigenvalue weighted by atomic mass is 28.3. The number of rotatable bonds is 6. The largest absolute Gasteiger partial charge is 0.311 e. The van der Waals surface area contributed by atoms with Crippen molar-refractivity contribution < 1.29 is 0 Å². The third-order valence-electron chi connectivity index (χ3n) is 4.83. The van der Waals surface area contributed by atoms with Crippen LogP contribution in [0.4, 0.5) is 0 Å². The first-order valence-electron chi connectivity index (χ1n) is 8.05. The molecule has 0 saturated carbocycles. The summed E-state index contributed by atoms with van der Waals surface area (Å²) in [7, 11) is -1.56. The van der Waals surface area contributed by atoms with Gasteiger partial charge in [0.25, 0.3) is 0 Å². The van der Waals surface area contributed by atoms with Crippen molar-refractivity contribution >= 4 is 8.40 Å². The van der Waals surface area contributed by atoms with Gasteiger partial charge in [-0.3, -0.25) is 0 Å². The summed E-state index contributed by atoms with van der Waals surface area (Å²) in [6, 6.07) is 2.41. The molecule has 0 atom stereocenters. The van der Waals surface area contributed by atoms with Crippen molar-refractivity contribution in [2.75, 3.05) is 26.2 Å². The second-order valence-electron chi connectivity index (χ2n) is 6.06. The predicted octanol–water partition coefficient (Wildman–Crippen LogP) is 3.77. The van der Waals surface area contributed by atoms with Crippen LogP contribution in [0.25, 0.3) is 0 Å². The fourth-order valence-electron chi connectivity index (χ4n) is 3.88. The van der Waals surface area contributed by atoms with Gasteiger partial charge < -0.3 is 9.13 Å². The zero-order chi connectivity index (χ0) is 13.6. The second-order valence-corrected chi connectivity index (χ2v) is 10.1. The Bertz CT molecular complexity index is 261. The molecule has 108 valence electrons. The van der Waals surface area contributed by atoms with Crippen molar-refractivity contribution in [1.82, 2.24) is 9.13 Å². The summed E-state index contributed by atoms with van der Waals surface area (Å²) in [4.78, 5) is 0. The minimum absolute atomic E-state index is 1.21. The van der Waals surface area contributed by atoms with Crippen LogP contribution in [-0.2, 0) is 0 Å². The van der Waals surface area contributed by atoms with Crippen molar-refractivity contribution in [3.05, 3.63) is 25.3 Å². The highest BCUT2D eigenvalue weighted by molar-refractivity contribution is 6.75. The quantitative estimate of drug-likeness (QED) is 0.539. The van der Waals surface area contributed by atoms with Crippen LogP contribution in [0.5, 0.6) is 0 Å². The molecule has 2 aliphatic rings. The number of allylic oxidation sites excluding steroid dienone is 2. The van der Waals surface area contributed by atoms with E-state index in [0.717, 1.165) is 0 Å². The van der Waals surface area contributed by atoms with Crippen molar-refractivity contribution in [2.45, 2.75) is 50.6 Å². The summed E-state index contributed by atoms with van der Waals surface area (Å²) in [6.07, 6.45) is 12.7. The summed E-state index contributed by atoms with van der Waals surface area (Å²) < 4.78 is 5.73. The van der Waals surface area contributed by atoms with Crippen LogP contribution < -0.4 is 0 Å². The lowest BCUT2D eigenvalue weighted by atomic mass is 10.2. The number of nitrogens with zero attached hydrogens (tertiary/aromatic N) is 2. The lowest BCUT2D eigenvalue weighted by Gasteiger charge is -2.51. The van der Waals surface area contributed by atoms with Gasteiger partial charge >= 0.3 is 0 Å². The molecule has 2 rings (SSSR count). The van der Waals surface area contributed by atoms with E-state index in [-0.39, 0.29) is 0 Å². The summed E-state index contributed by atoms with van der Waals surface area (Å²) >= 11 is 0. The first kappa shape index (κ1) is 15.0. The number of hydrogen-bond acceptors (Lipinski definition) is 2. The predicted molar refractivity (Wildman–Crippen MR) is 86.6 cm³/mol. The van der Waals surface area contributed by atoms with Gasteiger partial charge in [0.05, 0.1) is 0 Å². The molecule has 2 nitrogen and oxygen atoms in total. The molecule has 2 saturated heterocycles. The average Bonchev–Trinajstić information content (AvgIpc) is 2.49. The first-order chi connectivity index (χ1) is 9.33. The minimum Gasteiger partial charge on any atom is -0.311 e. The number of hydrogen-bond donors (Lipinski definition) is 0. The molecular formula is C16H30N2Si. The molecule has 3 heteroatoms. The monoisotopic (exact) mass is 278 g/mol. The highest BCUT2D eigenvalue weighted by Gasteiger charge is 2.44. The number of piperidine rings is 2. The van der Waals surface area contributed by atoms with Gasteiger partial charge in [0.2, 0.25) is 8.40 Å². The van der Waals surface area contributed by atoms with E-state index in [1.54, 1.807) is 0 Å². The fourth-order valence-corrected chi connectivity index (χ4v) is 8.70. The third-order valence-corrected chi connectivity index (χ3v) is 9.97. The van der Waals surface area contributed by atoms with Crippen LogP contribution in [0.2, 0.25) is 12.1 Å². The summed E-state index contributed by atoms with van der Waals surface area (Å²) in [5.41, 5.74) is 0. The SMILES string of the molecule is C=CC[Si](CC=C)(N1CCCCC1)N1CCCCC1. The smallest absolute Gasteiger partial charge is 0.214 e. The third kappa shape index (κ3) is 3.39. The van der Waals surface area contributed by atoms with E-state index in [1.165, 1.54) is 76.8 Å². The second kappa shape index (κ2) is 7.41. The van der Waals surface area contributed by atoms with Gasteiger partial charge in [0.1, 0.15) is 0 Å². The zero-order valence-electron chi connectivity index (χ0n) is 12.4. The van der Waals surface area contributed by atoms with E-state index >= 15 is 0 Å². The van der Waals surface area contributed by atoms with E-state index < -0.39 is 8.40 Å². The summed E-state index contributed by atoms with van der Waals surface area (Å²) in [6.45, 7) is 13.4. The molecule has 2 aliphatic heterocycles. The van der Waals surface area contributed by atoms with E-state index in [9.17, 15) is 0 Å². The molecule has 0 amide bonds. The lowest BCUT2D eigenvalue weighted by Crippen LogP contribution is -2.67. The van der Waals surface area contributed by atoms with Crippen molar-refractivity contribution in [2.24, 2.45) is 0 Å². The minimum atomic E-state index is -1.56.